The molecular formula is C19H17ClN2O4S2. The maximum Gasteiger partial charge on any atom is 0.241 e. The number of carbonyl (C=O) groups is 1. The van der Waals surface area contributed by atoms with Crippen molar-refractivity contribution >= 4 is 45.0 Å². The van der Waals surface area contributed by atoms with Crippen molar-refractivity contribution in [1.82, 2.24) is 4.72 Å². The van der Waals surface area contributed by atoms with Gasteiger partial charge in [0.1, 0.15) is 5.76 Å². The smallest absolute Gasteiger partial charge is 0.241 e. The van der Waals surface area contributed by atoms with Gasteiger partial charge in [0.15, 0.2) is 0 Å². The number of halogens is 1. The minimum atomic E-state index is -3.74. The van der Waals surface area contributed by atoms with Gasteiger partial charge in [-0.1, -0.05) is 29.8 Å². The number of hydrogen-bond donors (Lipinski definition) is 2. The van der Waals surface area contributed by atoms with Gasteiger partial charge in [-0.05, 0) is 42.5 Å². The first kappa shape index (κ1) is 20.5. The van der Waals surface area contributed by atoms with E-state index in [0.29, 0.717) is 16.5 Å². The van der Waals surface area contributed by atoms with Gasteiger partial charge in [0.25, 0.3) is 0 Å². The third-order valence-electron chi connectivity index (χ3n) is 3.64. The molecule has 0 spiro atoms. The molecule has 1 aromatic heterocycles. The number of thioether (sulfide) groups is 1. The summed E-state index contributed by atoms with van der Waals surface area (Å²) in [6.07, 6.45) is 1.47. The Labute approximate surface area is 172 Å². The summed E-state index contributed by atoms with van der Waals surface area (Å²) in [5.41, 5.74) is 0.394. The van der Waals surface area contributed by atoms with Crippen molar-refractivity contribution in [3.63, 3.8) is 0 Å². The first-order chi connectivity index (χ1) is 13.4. The van der Waals surface area contributed by atoms with Crippen LogP contribution < -0.4 is 10.0 Å². The summed E-state index contributed by atoms with van der Waals surface area (Å²) in [7, 11) is -3.74. The Morgan fingerprint density at radius 1 is 1.07 bits per heavy atom. The van der Waals surface area contributed by atoms with E-state index in [2.05, 4.69) is 10.0 Å². The molecule has 28 heavy (non-hydrogen) atoms. The van der Waals surface area contributed by atoms with E-state index in [1.807, 2.05) is 18.2 Å². The van der Waals surface area contributed by atoms with E-state index in [9.17, 15) is 13.2 Å². The monoisotopic (exact) mass is 436 g/mol. The van der Waals surface area contributed by atoms with Crippen LogP contribution in [-0.4, -0.2) is 20.1 Å². The topological polar surface area (TPSA) is 88.4 Å². The van der Waals surface area contributed by atoms with Gasteiger partial charge in [-0.15, -0.1) is 11.8 Å². The second kappa shape index (κ2) is 9.29. The average Bonchev–Trinajstić information content (AvgIpc) is 3.20. The zero-order chi connectivity index (χ0) is 20.0. The molecule has 0 atom stereocenters. The first-order valence-electron chi connectivity index (χ1n) is 8.23. The predicted molar refractivity (Wildman–Crippen MR) is 110 cm³/mol. The van der Waals surface area contributed by atoms with E-state index in [1.165, 1.54) is 30.2 Å². The zero-order valence-corrected chi connectivity index (χ0v) is 17.0. The van der Waals surface area contributed by atoms with Crippen molar-refractivity contribution in [1.29, 1.82) is 0 Å². The Hall–Kier alpha value is -2.26. The lowest BCUT2D eigenvalue weighted by molar-refractivity contribution is -0.113. The Morgan fingerprint density at radius 3 is 2.64 bits per heavy atom. The number of amides is 1. The van der Waals surface area contributed by atoms with E-state index in [4.69, 9.17) is 16.0 Å². The molecule has 0 aliphatic heterocycles. The van der Waals surface area contributed by atoms with Crippen LogP contribution in [0.3, 0.4) is 0 Å². The third kappa shape index (κ3) is 5.62. The molecule has 0 radical (unpaired) electrons. The molecule has 0 aliphatic carbocycles. The van der Waals surface area contributed by atoms with Crippen LogP contribution in [0, 0.1) is 0 Å². The van der Waals surface area contributed by atoms with E-state index < -0.39 is 10.0 Å². The minimum absolute atomic E-state index is 0.0421. The van der Waals surface area contributed by atoms with Gasteiger partial charge in [0.2, 0.25) is 15.9 Å². The number of hydrogen-bond acceptors (Lipinski definition) is 5. The summed E-state index contributed by atoms with van der Waals surface area (Å²) in [4.78, 5) is 13.0. The zero-order valence-electron chi connectivity index (χ0n) is 14.6. The quantitative estimate of drug-likeness (QED) is 0.518. The molecule has 0 aliphatic rings. The van der Waals surface area contributed by atoms with Crippen LogP contribution >= 0.6 is 23.4 Å². The predicted octanol–water partition coefficient (Wildman–Crippen LogP) is 4.14. The Morgan fingerprint density at radius 2 is 1.89 bits per heavy atom. The van der Waals surface area contributed by atoms with Crippen molar-refractivity contribution in [2.24, 2.45) is 0 Å². The summed E-state index contributed by atoms with van der Waals surface area (Å²) >= 11 is 7.38. The fourth-order valence-electron chi connectivity index (χ4n) is 2.31. The largest absolute Gasteiger partial charge is 0.468 e. The highest BCUT2D eigenvalue weighted by Crippen LogP contribution is 2.26. The van der Waals surface area contributed by atoms with Gasteiger partial charge in [0, 0.05) is 10.6 Å². The van der Waals surface area contributed by atoms with Gasteiger partial charge in [-0.25, -0.2) is 13.1 Å². The van der Waals surface area contributed by atoms with Crippen molar-refractivity contribution in [2.45, 2.75) is 16.3 Å². The van der Waals surface area contributed by atoms with Gasteiger partial charge >= 0.3 is 0 Å². The molecule has 3 aromatic rings. The third-order valence-corrected chi connectivity index (χ3v) is 6.55. The molecule has 0 saturated heterocycles. The molecule has 0 bridgehead atoms. The Bertz CT molecular complexity index is 1050. The molecule has 146 valence electrons. The lowest BCUT2D eigenvalue weighted by atomic mass is 10.3. The molecule has 2 aromatic carbocycles. The van der Waals surface area contributed by atoms with Crippen LogP contribution in [0.2, 0.25) is 5.02 Å². The maximum atomic E-state index is 12.4. The molecule has 2 N–H and O–H groups in total. The lowest BCUT2D eigenvalue weighted by Gasteiger charge is -2.09. The van der Waals surface area contributed by atoms with Gasteiger partial charge < -0.3 is 9.73 Å². The first-order valence-corrected chi connectivity index (χ1v) is 11.1. The van der Waals surface area contributed by atoms with Gasteiger partial charge in [0.05, 0.1) is 28.5 Å². The van der Waals surface area contributed by atoms with E-state index in [0.717, 1.165) is 4.90 Å². The van der Waals surface area contributed by atoms with E-state index in [1.54, 1.807) is 30.3 Å². The number of sulfonamides is 1. The number of rotatable bonds is 8. The maximum absolute atomic E-state index is 12.4. The molecule has 1 amide bonds. The molecule has 0 fully saturated rings. The van der Waals surface area contributed by atoms with Gasteiger partial charge in [-0.3, -0.25) is 4.79 Å². The number of benzene rings is 2. The molecule has 3 rings (SSSR count). The number of nitrogens with one attached hydrogen (secondary N) is 2. The SMILES string of the molecule is O=C(CSc1ccccc1Cl)Nc1cccc(S(=O)(=O)NCc2ccco2)c1. The van der Waals surface area contributed by atoms with Crippen molar-refractivity contribution in [2.75, 3.05) is 11.1 Å². The van der Waals surface area contributed by atoms with Crippen molar-refractivity contribution in [3.05, 3.63) is 77.7 Å². The van der Waals surface area contributed by atoms with E-state index >= 15 is 0 Å². The van der Waals surface area contributed by atoms with Crippen molar-refractivity contribution < 1.29 is 17.6 Å². The van der Waals surface area contributed by atoms with Crippen LogP contribution in [0.1, 0.15) is 5.76 Å². The van der Waals surface area contributed by atoms with Crippen LogP contribution in [0.5, 0.6) is 0 Å². The Kier molecular flexibility index (Phi) is 6.79. The number of furan rings is 1. The highest BCUT2D eigenvalue weighted by molar-refractivity contribution is 8.00. The average molecular weight is 437 g/mol. The molecule has 0 saturated carbocycles. The fraction of sp³-hybridized carbons (Fsp3) is 0.105. The van der Waals surface area contributed by atoms with Crippen LogP contribution in [0.15, 0.2) is 81.1 Å². The summed E-state index contributed by atoms with van der Waals surface area (Å²) in [5.74, 6) is 0.393. The minimum Gasteiger partial charge on any atom is -0.468 e. The van der Waals surface area contributed by atoms with Crippen LogP contribution in [0.4, 0.5) is 5.69 Å². The highest BCUT2D eigenvalue weighted by atomic mass is 35.5. The summed E-state index contributed by atoms with van der Waals surface area (Å²) in [6.45, 7) is 0.0421. The van der Waals surface area contributed by atoms with Crippen LogP contribution in [0.25, 0.3) is 0 Å². The highest BCUT2D eigenvalue weighted by Gasteiger charge is 2.15. The summed E-state index contributed by atoms with van der Waals surface area (Å²) in [5, 5.41) is 3.28. The molecule has 0 unspecified atom stereocenters. The number of anilines is 1. The lowest BCUT2D eigenvalue weighted by Crippen LogP contribution is -2.23. The second-order valence-corrected chi connectivity index (χ2v) is 8.89. The van der Waals surface area contributed by atoms with E-state index in [-0.39, 0.29) is 23.1 Å². The number of carbonyl (C=O) groups excluding carboxylic acids is 1. The summed E-state index contributed by atoms with van der Waals surface area (Å²) in [6, 6.07) is 16.7. The summed E-state index contributed by atoms with van der Waals surface area (Å²) < 4.78 is 32.4. The van der Waals surface area contributed by atoms with Crippen LogP contribution in [-0.2, 0) is 21.4 Å². The Balaban J connectivity index is 1.60. The van der Waals surface area contributed by atoms with Gasteiger partial charge in [-0.2, -0.15) is 0 Å². The molecule has 6 nitrogen and oxygen atoms in total. The molecule has 1 heterocycles. The second-order valence-electron chi connectivity index (χ2n) is 5.70. The van der Waals surface area contributed by atoms with Crippen molar-refractivity contribution in [3.8, 4) is 0 Å². The fourth-order valence-corrected chi connectivity index (χ4v) is 4.38. The molecule has 9 heteroatoms. The normalized spacial score (nSPS) is 11.3. The standard InChI is InChI=1S/C19H17ClN2O4S2/c20-17-8-1-2-9-18(17)27-13-19(23)22-14-5-3-7-16(11-14)28(24,25)21-12-15-6-4-10-26-15/h1-11,21H,12-13H2,(H,22,23). The molecular weight excluding hydrogens is 420 g/mol.